The van der Waals surface area contributed by atoms with Gasteiger partial charge in [-0.05, 0) is 56.0 Å². The summed E-state index contributed by atoms with van der Waals surface area (Å²) in [6.45, 7) is 2.80. The smallest absolute Gasteiger partial charge is 0.253 e. The van der Waals surface area contributed by atoms with Gasteiger partial charge in [-0.25, -0.2) is 0 Å². The van der Waals surface area contributed by atoms with Gasteiger partial charge >= 0.3 is 0 Å². The van der Waals surface area contributed by atoms with Crippen LogP contribution in [0.4, 0.5) is 5.69 Å². The van der Waals surface area contributed by atoms with Crippen molar-refractivity contribution >= 4 is 40.7 Å². The van der Waals surface area contributed by atoms with E-state index in [4.69, 9.17) is 27.9 Å². The normalized spacial score (nSPS) is 19.1. The Morgan fingerprint density at radius 3 is 2.50 bits per heavy atom. The molecule has 2 aliphatic rings. The highest BCUT2D eigenvalue weighted by Crippen LogP contribution is 2.25. The molecule has 0 spiro atoms. The minimum atomic E-state index is -0.195. The molecule has 6 nitrogen and oxygen atoms in total. The molecule has 1 atom stereocenters. The lowest BCUT2D eigenvalue weighted by Gasteiger charge is -2.35. The van der Waals surface area contributed by atoms with Crippen LogP contribution in [-0.4, -0.2) is 50.2 Å². The third kappa shape index (κ3) is 5.55. The predicted molar refractivity (Wildman–Crippen MR) is 127 cm³/mol. The number of piperidine rings is 1. The van der Waals surface area contributed by atoms with Crippen molar-refractivity contribution in [3.8, 4) is 0 Å². The zero-order valence-corrected chi connectivity index (χ0v) is 19.3. The Labute approximate surface area is 198 Å². The van der Waals surface area contributed by atoms with E-state index in [1.807, 2.05) is 24.3 Å². The second-order valence-corrected chi connectivity index (χ2v) is 9.06. The largest absolute Gasteiger partial charge is 0.376 e. The zero-order valence-electron chi connectivity index (χ0n) is 17.8. The van der Waals surface area contributed by atoms with E-state index < -0.39 is 0 Å². The molecule has 0 radical (unpaired) electrons. The van der Waals surface area contributed by atoms with Crippen LogP contribution in [0, 0.1) is 0 Å². The summed E-state index contributed by atoms with van der Waals surface area (Å²) in [6.07, 6.45) is 3.71. The average Bonchev–Trinajstić information content (AvgIpc) is 3.32. The SMILES string of the molecule is O=C(NC1CCN(c2ccccc2C(=O)NCC2CCCO2)CC1)c1ccc(Cl)cc1Cl. The van der Waals surface area contributed by atoms with Crippen molar-refractivity contribution in [1.29, 1.82) is 0 Å². The number of para-hydroxylation sites is 1. The number of nitrogens with zero attached hydrogens (tertiary/aromatic N) is 1. The molecule has 0 aliphatic carbocycles. The fourth-order valence-corrected chi connectivity index (χ4v) is 4.74. The molecule has 170 valence electrons. The summed E-state index contributed by atoms with van der Waals surface area (Å²) in [4.78, 5) is 27.6. The Morgan fingerprint density at radius 2 is 1.78 bits per heavy atom. The quantitative estimate of drug-likeness (QED) is 0.653. The predicted octanol–water partition coefficient (Wildman–Crippen LogP) is 4.30. The van der Waals surface area contributed by atoms with E-state index in [9.17, 15) is 9.59 Å². The number of nitrogens with one attached hydrogen (secondary N) is 2. The molecule has 0 bridgehead atoms. The molecule has 1 unspecified atom stereocenters. The number of amides is 2. The molecular weight excluding hydrogens is 449 g/mol. The molecule has 2 N–H and O–H groups in total. The maximum Gasteiger partial charge on any atom is 0.253 e. The lowest BCUT2D eigenvalue weighted by atomic mass is 10.0. The first kappa shape index (κ1) is 22.9. The molecule has 2 saturated heterocycles. The number of carbonyl (C=O) groups is 2. The summed E-state index contributed by atoms with van der Waals surface area (Å²) in [5.41, 5.74) is 2.01. The van der Waals surface area contributed by atoms with Gasteiger partial charge in [0.2, 0.25) is 0 Å². The number of hydrogen-bond acceptors (Lipinski definition) is 4. The number of anilines is 1. The van der Waals surface area contributed by atoms with Crippen LogP contribution in [0.2, 0.25) is 10.0 Å². The number of ether oxygens (including phenoxy) is 1. The third-order valence-electron chi connectivity index (χ3n) is 6.01. The van der Waals surface area contributed by atoms with Crippen molar-refractivity contribution in [3.63, 3.8) is 0 Å². The molecule has 2 aromatic carbocycles. The van der Waals surface area contributed by atoms with Gasteiger partial charge in [-0.1, -0.05) is 35.3 Å². The van der Waals surface area contributed by atoms with Gasteiger partial charge in [0, 0.05) is 43.0 Å². The molecule has 0 aromatic heterocycles. The standard InChI is InChI=1S/C24H27Cl2N3O3/c25-16-7-8-19(21(26)14-16)24(31)28-17-9-11-29(12-10-17)22-6-2-1-5-20(22)23(30)27-15-18-4-3-13-32-18/h1-2,5-8,14,17-18H,3-4,9-13,15H2,(H,27,30)(H,28,31). The molecule has 0 saturated carbocycles. The van der Waals surface area contributed by atoms with Crippen LogP contribution in [0.1, 0.15) is 46.4 Å². The van der Waals surface area contributed by atoms with E-state index in [-0.39, 0.29) is 24.0 Å². The average molecular weight is 476 g/mol. The maximum absolute atomic E-state index is 12.8. The lowest BCUT2D eigenvalue weighted by molar-refractivity contribution is 0.0858. The van der Waals surface area contributed by atoms with Crippen molar-refractivity contribution < 1.29 is 14.3 Å². The van der Waals surface area contributed by atoms with Crippen LogP contribution in [0.25, 0.3) is 0 Å². The second-order valence-electron chi connectivity index (χ2n) is 8.22. The zero-order chi connectivity index (χ0) is 22.5. The van der Waals surface area contributed by atoms with Crippen molar-refractivity contribution in [2.45, 2.75) is 37.8 Å². The van der Waals surface area contributed by atoms with Crippen molar-refractivity contribution in [3.05, 3.63) is 63.6 Å². The van der Waals surface area contributed by atoms with Gasteiger partial charge in [0.15, 0.2) is 0 Å². The van der Waals surface area contributed by atoms with Crippen LogP contribution in [0.5, 0.6) is 0 Å². The van der Waals surface area contributed by atoms with Crippen molar-refractivity contribution in [2.24, 2.45) is 0 Å². The van der Waals surface area contributed by atoms with E-state index in [0.717, 1.165) is 51.1 Å². The molecule has 32 heavy (non-hydrogen) atoms. The number of hydrogen-bond donors (Lipinski definition) is 2. The van der Waals surface area contributed by atoms with Gasteiger partial charge in [-0.3, -0.25) is 9.59 Å². The Balaban J connectivity index is 1.34. The molecule has 2 fully saturated rings. The fraction of sp³-hybridized carbons (Fsp3) is 0.417. The Bertz CT molecular complexity index is 971. The number of rotatable bonds is 6. The molecule has 2 heterocycles. The first-order valence-electron chi connectivity index (χ1n) is 11.0. The third-order valence-corrected chi connectivity index (χ3v) is 6.56. The van der Waals surface area contributed by atoms with Gasteiger partial charge in [0.05, 0.1) is 22.3 Å². The summed E-state index contributed by atoms with van der Waals surface area (Å²) in [5, 5.41) is 6.92. The minimum absolute atomic E-state index is 0.0472. The Morgan fingerprint density at radius 1 is 1.00 bits per heavy atom. The first-order valence-corrected chi connectivity index (χ1v) is 11.8. The van der Waals surface area contributed by atoms with Crippen molar-refractivity contribution in [1.82, 2.24) is 10.6 Å². The van der Waals surface area contributed by atoms with Gasteiger partial charge in [-0.15, -0.1) is 0 Å². The summed E-state index contributed by atoms with van der Waals surface area (Å²) in [7, 11) is 0. The van der Waals surface area contributed by atoms with Crippen LogP contribution < -0.4 is 15.5 Å². The lowest BCUT2D eigenvalue weighted by Crippen LogP contribution is -2.45. The molecule has 8 heteroatoms. The number of carbonyl (C=O) groups excluding carboxylic acids is 2. The fourth-order valence-electron chi connectivity index (χ4n) is 4.25. The topological polar surface area (TPSA) is 70.7 Å². The van der Waals surface area contributed by atoms with Crippen LogP contribution in [-0.2, 0) is 4.74 Å². The van der Waals surface area contributed by atoms with E-state index in [1.54, 1.807) is 18.2 Å². The molecule has 2 aliphatic heterocycles. The maximum atomic E-state index is 12.8. The number of benzene rings is 2. The number of halogens is 2. The van der Waals surface area contributed by atoms with E-state index >= 15 is 0 Å². The highest BCUT2D eigenvalue weighted by molar-refractivity contribution is 6.36. The summed E-state index contributed by atoms with van der Waals surface area (Å²) in [5.74, 6) is -0.275. The first-order chi connectivity index (χ1) is 15.5. The van der Waals surface area contributed by atoms with Crippen molar-refractivity contribution in [2.75, 3.05) is 31.1 Å². The van der Waals surface area contributed by atoms with Gasteiger partial charge in [0.25, 0.3) is 11.8 Å². The highest BCUT2D eigenvalue weighted by Gasteiger charge is 2.25. The van der Waals surface area contributed by atoms with E-state index in [2.05, 4.69) is 15.5 Å². The Hall–Kier alpha value is -2.28. The summed E-state index contributed by atoms with van der Waals surface area (Å²) < 4.78 is 5.60. The Kier molecular flexibility index (Phi) is 7.55. The van der Waals surface area contributed by atoms with Crippen LogP contribution in [0.3, 0.4) is 0 Å². The van der Waals surface area contributed by atoms with Crippen LogP contribution in [0.15, 0.2) is 42.5 Å². The molecule has 2 amide bonds. The van der Waals surface area contributed by atoms with Crippen LogP contribution >= 0.6 is 23.2 Å². The van der Waals surface area contributed by atoms with Gasteiger partial charge in [0.1, 0.15) is 0 Å². The van der Waals surface area contributed by atoms with Gasteiger partial charge < -0.3 is 20.3 Å². The molecule has 2 aromatic rings. The van der Waals surface area contributed by atoms with E-state index in [1.165, 1.54) is 0 Å². The monoisotopic (exact) mass is 475 g/mol. The highest BCUT2D eigenvalue weighted by atomic mass is 35.5. The minimum Gasteiger partial charge on any atom is -0.376 e. The van der Waals surface area contributed by atoms with Gasteiger partial charge in [-0.2, -0.15) is 0 Å². The second kappa shape index (κ2) is 10.6. The molecule has 4 rings (SSSR count). The molecular formula is C24H27Cl2N3O3. The van der Waals surface area contributed by atoms with E-state index in [0.29, 0.717) is 27.7 Å². The summed E-state index contributed by atoms with van der Waals surface area (Å²) >= 11 is 12.1. The summed E-state index contributed by atoms with van der Waals surface area (Å²) in [6, 6.07) is 12.6.